The number of carbonyl (C=O) groups is 1. The number of rotatable bonds is 1. The Morgan fingerprint density at radius 2 is 2.67 bits per heavy atom. The van der Waals surface area contributed by atoms with Crippen molar-refractivity contribution in [3.63, 3.8) is 0 Å². The van der Waals surface area contributed by atoms with Crippen LogP contribution in [0.25, 0.3) is 0 Å². The topological polar surface area (TPSA) is 58.6 Å². The average molecular weight is 131 g/mol. The predicted molar refractivity (Wildman–Crippen MR) is 30.0 cm³/mol. The molecule has 1 aliphatic rings. The molecule has 0 aliphatic carbocycles. The van der Waals surface area contributed by atoms with Crippen LogP contribution in [0.3, 0.4) is 0 Å². The van der Waals surface area contributed by atoms with E-state index in [0.29, 0.717) is 0 Å². The molecule has 4 heteroatoms. The first-order valence-corrected chi connectivity index (χ1v) is 2.81. The van der Waals surface area contributed by atoms with E-state index in [4.69, 9.17) is 5.11 Å². The molecule has 0 radical (unpaired) electrons. The van der Waals surface area contributed by atoms with Crippen molar-refractivity contribution in [2.24, 2.45) is 0 Å². The smallest absolute Gasteiger partial charge is 0.407 e. The molecule has 1 amide bonds. The number of alkyl carbamates (subject to hydrolysis) is 1. The Morgan fingerprint density at radius 1 is 2.00 bits per heavy atom. The van der Waals surface area contributed by atoms with Crippen LogP contribution in [0.1, 0.15) is 6.92 Å². The van der Waals surface area contributed by atoms with E-state index in [-0.39, 0.29) is 12.6 Å². The van der Waals surface area contributed by atoms with Crippen molar-refractivity contribution in [3.8, 4) is 0 Å². The van der Waals surface area contributed by atoms with Crippen molar-refractivity contribution in [1.82, 2.24) is 5.32 Å². The Kier molecular flexibility index (Phi) is 1.57. The minimum Gasteiger partial charge on any atom is -0.447 e. The maximum Gasteiger partial charge on any atom is 0.407 e. The monoisotopic (exact) mass is 131 g/mol. The van der Waals surface area contributed by atoms with Crippen molar-refractivity contribution >= 4 is 6.09 Å². The summed E-state index contributed by atoms with van der Waals surface area (Å²) in [4.78, 5) is 10.3. The van der Waals surface area contributed by atoms with Gasteiger partial charge in [-0.2, -0.15) is 0 Å². The largest absolute Gasteiger partial charge is 0.447 e. The average Bonchev–Trinajstić information content (AvgIpc) is 2.14. The van der Waals surface area contributed by atoms with Crippen molar-refractivity contribution in [1.29, 1.82) is 0 Å². The lowest BCUT2D eigenvalue weighted by molar-refractivity contribution is 0.139. The van der Waals surface area contributed by atoms with Crippen molar-refractivity contribution in [2.75, 3.05) is 6.61 Å². The molecule has 0 spiro atoms. The van der Waals surface area contributed by atoms with Gasteiger partial charge in [0.05, 0.1) is 12.1 Å². The summed E-state index contributed by atoms with van der Waals surface area (Å²) in [5, 5.41) is 11.3. The van der Waals surface area contributed by atoms with Gasteiger partial charge in [-0.15, -0.1) is 0 Å². The summed E-state index contributed by atoms with van der Waals surface area (Å²) in [6.07, 6.45) is -0.975. The summed E-state index contributed by atoms with van der Waals surface area (Å²) >= 11 is 0. The van der Waals surface area contributed by atoms with Crippen LogP contribution in [0.5, 0.6) is 0 Å². The van der Waals surface area contributed by atoms with Gasteiger partial charge < -0.3 is 15.2 Å². The Labute approximate surface area is 52.8 Å². The van der Waals surface area contributed by atoms with Gasteiger partial charge in [0.25, 0.3) is 0 Å². The molecular weight excluding hydrogens is 122 g/mol. The molecule has 1 rings (SSSR count). The molecule has 2 atom stereocenters. The third-order valence-electron chi connectivity index (χ3n) is 1.28. The number of nitrogens with one attached hydrogen (secondary N) is 1. The summed E-state index contributed by atoms with van der Waals surface area (Å²) in [6, 6.07) is -0.225. The normalized spacial score (nSPS) is 29.1. The lowest BCUT2D eigenvalue weighted by atomic mass is 10.2. The summed E-state index contributed by atoms with van der Waals surface area (Å²) < 4.78 is 4.52. The molecule has 0 aromatic heterocycles. The van der Waals surface area contributed by atoms with Crippen LogP contribution >= 0.6 is 0 Å². The summed E-state index contributed by atoms with van der Waals surface area (Å²) in [7, 11) is 0. The molecule has 0 bridgehead atoms. The highest BCUT2D eigenvalue weighted by Crippen LogP contribution is 2.00. The lowest BCUT2D eigenvalue weighted by Crippen LogP contribution is -2.35. The summed E-state index contributed by atoms with van der Waals surface area (Å²) in [5.74, 6) is 0. The van der Waals surface area contributed by atoms with Gasteiger partial charge in [0, 0.05) is 0 Å². The number of cyclic esters (lactones) is 1. The molecule has 1 heterocycles. The second kappa shape index (κ2) is 2.23. The first kappa shape index (κ1) is 6.35. The van der Waals surface area contributed by atoms with E-state index in [1.807, 2.05) is 0 Å². The highest BCUT2D eigenvalue weighted by atomic mass is 16.6. The molecule has 1 saturated heterocycles. The van der Waals surface area contributed by atoms with Crippen LogP contribution < -0.4 is 5.32 Å². The zero-order valence-electron chi connectivity index (χ0n) is 5.13. The number of hydrogen-bond donors (Lipinski definition) is 2. The van der Waals surface area contributed by atoms with E-state index < -0.39 is 12.2 Å². The van der Waals surface area contributed by atoms with Crippen molar-refractivity contribution < 1.29 is 14.6 Å². The number of hydrogen-bond acceptors (Lipinski definition) is 3. The van der Waals surface area contributed by atoms with Crippen LogP contribution in [0.15, 0.2) is 0 Å². The fourth-order valence-corrected chi connectivity index (χ4v) is 0.660. The van der Waals surface area contributed by atoms with E-state index in [9.17, 15) is 4.79 Å². The number of ether oxygens (including phenoxy) is 1. The summed E-state index contributed by atoms with van der Waals surface area (Å²) in [6.45, 7) is 1.89. The number of amides is 1. The lowest BCUT2D eigenvalue weighted by Gasteiger charge is -2.08. The zero-order valence-corrected chi connectivity index (χ0v) is 5.13. The van der Waals surface area contributed by atoms with Crippen molar-refractivity contribution in [2.45, 2.75) is 19.1 Å². The van der Waals surface area contributed by atoms with E-state index in [2.05, 4.69) is 10.1 Å². The van der Waals surface area contributed by atoms with Gasteiger partial charge in [0.15, 0.2) is 0 Å². The number of aliphatic hydroxyl groups excluding tert-OH is 1. The standard InChI is InChI=1S/C5H9NO3/c1-3(7)4-2-9-5(8)6-4/h3-4,7H,2H2,1H3,(H,6,8)/t3-,4+/m1/s1. The Balaban J connectivity index is 2.39. The Morgan fingerprint density at radius 3 is 2.89 bits per heavy atom. The molecular formula is C5H9NO3. The predicted octanol–water partition coefficient (Wildman–Crippen LogP) is -0.524. The Hall–Kier alpha value is -0.770. The highest BCUT2D eigenvalue weighted by Gasteiger charge is 2.25. The van der Waals surface area contributed by atoms with Crippen LogP contribution in [-0.2, 0) is 4.74 Å². The second-order valence-electron chi connectivity index (χ2n) is 2.09. The highest BCUT2D eigenvalue weighted by molar-refractivity contribution is 5.69. The van der Waals surface area contributed by atoms with Crippen LogP contribution in [-0.4, -0.2) is 30.0 Å². The van der Waals surface area contributed by atoms with Gasteiger partial charge in [-0.3, -0.25) is 0 Å². The van der Waals surface area contributed by atoms with E-state index >= 15 is 0 Å². The molecule has 2 N–H and O–H groups in total. The number of carbonyl (C=O) groups excluding carboxylic acids is 1. The van der Waals surface area contributed by atoms with Gasteiger partial charge in [-0.25, -0.2) is 4.79 Å². The third-order valence-corrected chi connectivity index (χ3v) is 1.28. The van der Waals surface area contributed by atoms with Crippen molar-refractivity contribution in [3.05, 3.63) is 0 Å². The van der Waals surface area contributed by atoms with Gasteiger partial charge in [-0.05, 0) is 6.92 Å². The maximum absolute atomic E-state index is 10.3. The quantitative estimate of drug-likeness (QED) is 0.503. The van der Waals surface area contributed by atoms with Crippen LogP contribution in [0.4, 0.5) is 4.79 Å². The third kappa shape index (κ3) is 1.32. The van der Waals surface area contributed by atoms with E-state index in [1.54, 1.807) is 6.92 Å². The van der Waals surface area contributed by atoms with Crippen LogP contribution in [0.2, 0.25) is 0 Å². The fraction of sp³-hybridized carbons (Fsp3) is 0.800. The molecule has 1 fully saturated rings. The molecule has 4 nitrogen and oxygen atoms in total. The van der Waals surface area contributed by atoms with E-state index in [1.165, 1.54) is 0 Å². The van der Waals surface area contributed by atoms with Gasteiger partial charge in [0.1, 0.15) is 6.61 Å². The maximum atomic E-state index is 10.3. The fourth-order valence-electron chi connectivity index (χ4n) is 0.660. The first-order chi connectivity index (χ1) is 4.20. The van der Waals surface area contributed by atoms with E-state index in [0.717, 1.165) is 0 Å². The molecule has 0 unspecified atom stereocenters. The first-order valence-electron chi connectivity index (χ1n) is 2.81. The minimum atomic E-state index is -0.531. The number of aliphatic hydroxyl groups is 1. The molecule has 0 aromatic rings. The van der Waals surface area contributed by atoms with Gasteiger partial charge >= 0.3 is 6.09 Å². The van der Waals surface area contributed by atoms with Gasteiger partial charge in [-0.1, -0.05) is 0 Å². The molecule has 0 aromatic carbocycles. The summed E-state index contributed by atoms with van der Waals surface area (Å²) in [5.41, 5.74) is 0. The molecule has 9 heavy (non-hydrogen) atoms. The van der Waals surface area contributed by atoms with Gasteiger partial charge in [0.2, 0.25) is 0 Å². The zero-order chi connectivity index (χ0) is 6.85. The molecule has 52 valence electrons. The van der Waals surface area contributed by atoms with Crippen LogP contribution in [0, 0.1) is 0 Å². The molecule has 1 aliphatic heterocycles. The molecule has 0 saturated carbocycles. The second-order valence-corrected chi connectivity index (χ2v) is 2.09. The SMILES string of the molecule is C[C@@H](O)[C@@H]1COC(=O)N1. The minimum absolute atomic E-state index is 0.225. The Bertz CT molecular complexity index is 123.